The van der Waals surface area contributed by atoms with Gasteiger partial charge in [0, 0.05) is 0 Å². The van der Waals surface area contributed by atoms with Crippen molar-refractivity contribution in [2.75, 3.05) is 5.73 Å². The van der Waals surface area contributed by atoms with E-state index in [0.29, 0.717) is 0 Å². The Balaban J connectivity index is 3.37. The molecule has 5 nitrogen and oxygen atoms in total. The van der Waals surface area contributed by atoms with E-state index >= 15 is 0 Å². The molecule has 0 aliphatic heterocycles. The lowest BCUT2D eigenvalue weighted by Crippen LogP contribution is -2.00. The van der Waals surface area contributed by atoms with Gasteiger partial charge in [-0.2, -0.15) is 5.26 Å². The van der Waals surface area contributed by atoms with Gasteiger partial charge in [0.25, 0.3) is 0 Å². The first-order valence-electron chi connectivity index (χ1n) is 2.22. The molecule has 0 aliphatic carbocycles. The average molecular weight is 124 g/mol. The van der Waals surface area contributed by atoms with Crippen molar-refractivity contribution in [3.05, 3.63) is 16.2 Å². The first kappa shape index (κ1) is 5.44. The zero-order valence-corrected chi connectivity index (χ0v) is 4.43. The first-order chi connectivity index (χ1) is 4.24. The van der Waals surface area contributed by atoms with Crippen LogP contribution in [-0.2, 0) is 0 Å². The maximum atomic E-state index is 10.3. The summed E-state index contributed by atoms with van der Waals surface area (Å²) in [7, 11) is 0. The molecule has 0 saturated carbocycles. The van der Waals surface area contributed by atoms with Crippen molar-refractivity contribution in [2.45, 2.75) is 0 Å². The van der Waals surface area contributed by atoms with Gasteiger partial charge < -0.3 is 5.73 Å². The predicted octanol–water partition coefficient (Wildman–Crippen LogP) is -0.843. The summed E-state index contributed by atoms with van der Waals surface area (Å²) < 4.78 is 0. The van der Waals surface area contributed by atoms with E-state index in [2.05, 4.69) is 9.97 Å². The topological polar surface area (TPSA) is 98.5 Å². The highest BCUT2D eigenvalue weighted by Crippen LogP contribution is 1.95. The van der Waals surface area contributed by atoms with Crippen LogP contribution < -0.4 is 11.4 Å². The van der Waals surface area contributed by atoms with E-state index in [1.54, 1.807) is 6.07 Å². The molecule has 0 aliphatic rings. The van der Waals surface area contributed by atoms with E-state index in [-0.39, 0.29) is 11.5 Å². The molecule has 5 heteroatoms. The highest BCUT2D eigenvalue weighted by molar-refractivity contribution is 5.42. The number of H-pyrrole nitrogens is 2. The number of rotatable bonds is 0. The molecule has 0 bridgehead atoms. The molecule has 0 aromatic carbocycles. The maximum absolute atomic E-state index is 10.3. The van der Waals surface area contributed by atoms with Gasteiger partial charge in [-0.05, 0) is 0 Å². The third-order valence-corrected chi connectivity index (χ3v) is 0.868. The number of hydrogen-bond donors (Lipinski definition) is 3. The molecule has 1 rings (SSSR count). The third kappa shape index (κ3) is 0.770. The molecular weight excluding hydrogens is 120 g/mol. The number of aromatic amines is 2. The summed E-state index contributed by atoms with van der Waals surface area (Å²) >= 11 is 0. The minimum atomic E-state index is -0.455. The molecule has 1 aromatic rings. The second-order valence-corrected chi connectivity index (χ2v) is 1.48. The van der Waals surface area contributed by atoms with Gasteiger partial charge in [-0.1, -0.05) is 0 Å². The van der Waals surface area contributed by atoms with E-state index in [1.807, 2.05) is 0 Å². The summed E-state index contributed by atoms with van der Waals surface area (Å²) in [6, 6.07) is 1.70. The van der Waals surface area contributed by atoms with Crippen molar-refractivity contribution in [1.29, 1.82) is 5.26 Å². The van der Waals surface area contributed by atoms with Crippen LogP contribution >= 0.6 is 0 Å². The fourth-order valence-corrected chi connectivity index (χ4v) is 0.485. The quantitative estimate of drug-likeness (QED) is 0.420. The van der Waals surface area contributed by atoms with Crippen LogP contribution in [-0.4, -0.2) is 9.97 Å². The van der Waals surface area contributed by atoms with Gasteiger partial charge in [0.1, 0.15) is 11.9 Å². The van der Waals surface area contributed by atoms with Crippen LogP contribution in [0.3, 0.4) is 0 Å². The zero-order chi connectivity index (χ0) is 6.85. The number of nitriles is 1. The van der Waals surface area contributed by atoms with Crippen molar-refractivity contribution < 1.29 is 0 Å². The molecule has 0 unspecified atom stereocenters. The van der Waals surface area contributed by atoms with E-state index in [0.717, 1.165) is 0 Å². The van der Waals surface area contributed by atoms with Gasteiger partial charge in [-0.15, -0.1) is 0 Å². The molecule has 1 aromatic heterocycles. The van der Waals surface area contributed by atoms with Crippen LogP contribution in [0.25, 0.3) is 0 Å². The van der Waals surface area contributed by atoms with E-state index in [1.165, 1.54) is 0 Å². The minimum absolute atomic E-state index is 0.0833. The summed E-state index contributed by atoms with van der Waals surface area (Å²) in [5.74, 6) is 0.0856. The Labute approximate surface area is 50.1 Å². The summed E-state index contributed by atoms with van der Waals surface area (Å²) in [5.41, 5.74) is 4.77. The van der Waals surface area contributed by atoms with Gasteiger partial charge >= 0.3 is 5.69 Å². The summed E-state index contributed by atoms with van der Waals surface area (Å²) in [6.45, 7) is 0. The lowest BCUT2D eigenvalue weighted by Gasteiger charge is -1.77. The molecule has 0 radical (unpaired) electrons. The summed E-state index contributed by atoms with van der Waals surface area (Å²) in [6.07, 6.45) is 0. The van der Waals surface area contributed by atoms with Crippen LogP contribution in [0.5, 0.6) is 0 Å². The molecule has 1 heterocycles. The number of anilines is 1. The number of aromatic nitrogens is 2. The van der Waals surface area contributed by atoms with Crippen LogP contribution in [0.1, 0.15) is 5.69 Å². The predicted molar refractivity (Wildman–Crippen MR) is 30.5 cm³/mol. The standard InChI is InChI=1S/C4H4N4O/c5-1-2-3(6)8-4(9)7-2/h6H2,(H2,7,8,9). The molecule has 0 amide bonds. The van der Waals surface area contributed by atoms with Crippen molar-refractivity contribution in [1.82, 2.24) is 9.97 Å². The average Bonchev–Trinajstić information content (AvgIpc) is 2.10. The van der Waals surface area contributed by atoms with Crippen LogP contribution in [0.4, 0.5) is 5.82 Å². The lowest BCUT2D eigenvalue weighted by atomic mass is 10.5. The highest BCUT2D eigenvalue weighted by atomic mass is 16.1. The van der Waals surface area contributed by atoms with Gasteiger partial charge in [-0.25, -0.2) is 4.79 Å². The molecule has 46 valence electrons. The first-order valence-corrected chi connectivity index (χ1v) is 2.22. The molecular formula is C4H4N4O. The molecule has 0 fully saturated rings. The Hall–Kier alpha value is -1.70. The van der Waals surface area contributed by atoms with Crippen LogP contribution in [0, 0.1) is 11.3 Å². The van der Waals surface area contributed by atoms with Gasteiger partial charge in [0.05, 0.1) is 0 Å². The Morgan fingerprint density at radius 2 is 2.22 bits per heavy atom. The van der Waals surface area contributed by atoms with Crippen LogP contribution in [0.2, 0.25) is 0 Å². The fourth-order valence-electron chi connectivity index (χ4n) is 0.485. The number of nitrogens with zero attached hydrogens (tertiary/aromatic N) is 1. The number of hydrogen-bond acceptors (Lipinski definition) is 3. The maximum Gasteiger partial charge on any atom is 0.325 e. The molecule has 0 saturated heterocycles. The van der Waals surface area contributed by atoms with Gasteiger partial charge in [-0.3, -0.25) is 9.97 Å². The Morgan fingerprint density at radius 1 is 1.56 bits per heavy atom. The largest absolute Gasteiger partial charge is 0.383 e. The molecule has 0 atom stereocenters. The van der Waals surface area contributed by atoms with Crippen molar-refractivity contribution in [3.63, 3.8) is 0 Å². The second-order valence-electron chi connectivity index (χ2n) is 1.48. The monoisotopic (exact) mass is 124 g/mol. The third-order valence-electron chi connectivity index (χ3n) is 0.868. The van der Waals surface area contributed by atoms with Crippen molar-refractivity contribution in [2.24, 2.45) is 0 Å². The lowest BCUT2D eigenvalue weighted by molar-refractivity contribution is 1.18. The van der Waals surface area contributed by atoms with Gasteiger partial charge in [0.15, 0.2) is 5.69 Å². The SMILES string of the molecule is N#Cc1[nH]c(=O)[nH]c1N. The minimum Gasteiger partial charge on any atom is -0.383 e. The zero-order valence-electron chi connectivity index (χ0n) is 4.43. The van der Waals surface area contributed by atoms with Crippen molar-refractivity contribution in [3.8, 4) is 6.07 Å². The Kier molecular flexibility index (Phi) is 1.01. The Morgan fingerprint density at radius 3 is 2.44 bits per heavy atom. The van der Waals surface area contributed by atoms with E-state index in [4.69, 9.17) is 11.0 Å². The van der Waals surface area contributed by atoms with Gasteiger partial charge in [0.2, 0.25) is 0 Å². The normalized spacial score (nSPS) is 8.78. The number of nitrogen functional groups attached to an aromatic ring is 1. The van der Waals surface area contributed by atoms with Crippen LogP contribution in [0.15, 0.2) is 4.79 Å². The molecule has 9 heavy (non-hydrogen) atoms. The van der Waals surface area contributed by atoms with Crippen molar-refractivity contribution >= 4 is 5.82 Å². The molecule has 0 spiro atoms. The highest BCUT2D eigenvalue weighted by Gasteiger charge is 1.98. The number of nitrogens with one attached hydrogen (secondary N) is 2. The molecule has 4 N–H and O–H groups in total. The fraction of sp³-hybridized carbons (Fsp3) is 0. The number of nitrogens with two attached hydrogens (primary N) is 1. The summed E-state index contributed by atoms with van der Waals surface area (Å²) in [5, 5.41) is 8.21. The van der Waals surface area contributed by atoms with E-state index in [9.17, 15) is 4.79 Å². The second kappa shape index (κ2) is 1.67. The Bertz CT molecular complexity index is 301. The smallest absolute Gasteiger partial charge is 0.325 e. The van der Waals surface area contributed by atoms with E-state index < -0.39 is 5.69 Å². The number of imidazole rings is 1. The summed E-state index contributed by atoms with van der Waals surface area (Å²) in [4.78, 5) is 14.7.